The van der Waals surface area contributed by atoms with Crippen LogP contribution in [0.1, 0.15) is 33.6 Å². The number of benzene rings is 1. The van der Waals surface area contributed by atoms with Crippen molar-refractivity contribution in [3.05, 3.63) is 41.2 Å². The van der Waals surface area contributed by atoms with Gasteiger partial charge in [-0.15, -0.1) is 0 Å². The summed E-state index contributed by atoms with van der Waals surface area (Å²) in [6.07, 6.45) is 0.662. The van der Waals surface area contributed by atoms with Gasteiger partial charge in [-0.25, -0.2) is 9.18 Å². The number of nitrogens with zero attached hydrogens (tertiary/aromatic N) is 1. The van der Waals surface area contributed by atoms with Crippen LogP contribution >= 0.6 is 0 Å². The molecule has 1 aromatic rings. The first kappa shape index (κ1) is 16.0. The third-order valence-electron chi connectivity index (χ3n) is 3.85. The second kappa shape index (κ2) is 6.31. The molecule has 3 rings (SSSR count). The van der Waals surface area contributed by atoms with Gasteiger partial charge >= 0.3 is 6.09 Å². The Morgan fingerprint density at radius 3 is 2.67 bits per heavy atom. The summed E-state index contributed by atoms with van der Waals surface area (Å²) in [5.41, 5.74) is 0.715. The van der Waals surface area contributed by atoms with Crippen LogP contribution in [0.25, 0.3) is 0 Å². The Kier molecular flexibility index (Phi) is 4.20. The maximum atomic E-state index is 12.7. The maximum absolute atomic E-state index is 12.7. The molecule has 1 aliphatic heterocycles. The van der Waals surface area contributed by atoms with E-state index < -0.39 is 6.09 Å². The number of carboxylic acid groups (broad SMARTS) is 1. The maximum Gasteiger partial charge on any atom is 0.404 e. The van der Waals surface area contributed by atoms with Crippen LogP contribution in [0.3, 0.4) is 0 Å². The first-order valence-corrected chi connectivity index (χ1v) is 7.41. The number of rotatable bonds is 6. The van der Waals surface area contributed by atoms with Crippen molar-refractivity contribution < 1.29 is 28.6 Å². The Morgan fingerprint density at radius 1 is 1.33 bits per heavy atom. The molecule has 126 valence electrons. The van der Waals surface area contributed by atoms with Gasteiger partial charge in [0.05, 0.1) is 17.5 Å². The van der Waals surface area contributed by atoms with Gasteiger partial charge in [0.15, 0.2) is 0 Å². The largest absolute Gasteiger partial charge is 0.489 e. The summed E-state index contributed by atoms with van der Waals surface area (Å²) >= 11 is 0. The predicted molar refractivity (Wildman–Crippen MR) is 80.7 cm³/mol. The molecule has 1 aliphatic carbocycles. The summed E-state index contributed by atoms with van der Waals surface area (Å²) in [6, 6.07) is 4.49. The van der Waals surface area contributed by atoms with Crippen molar-refractivity contribution in [1.29, 1.82) is 0 Å². The van der Waals surface area contributed by atoms with E-state index in [1.807, 2.05) is 5.32 Å². The van der Waals surface area contributed by atoms with E-state index in [-0.39, 0.29) is 48.5 Å². The summed E-state index contributed by atoms with van der Waals surface area (Å²) in [5, 5.41) is 10.5. The number of hydrogen-bond donors (Lipinski definition) is 2. The molecule has 0 atom stereocenters. The van der Waals surface area contributed by atoms with Crippen molar-refractivity contribution in [3.8, 4) is 5.75 Å². The quantitative estimate of drug-likeness (QED) is 0.775. The van der Waals surface area contributed by atoms with E-state index in [0.717, 1.165) is 12.8 Å². The fourth-order valence-corrected chi connectivity index (χ4v) is 2.48. The van der Waals surface area contributed by atoms with Crippen LogP contribution in [-0.4, -0.2) is 47.1 Å². The third-order valence-corrected chi connectivity index (χ3v) is 3.85. The standard InChI is InChI=1S/C16H15FN2O5/c17-6-9(7-18-16(22)23)8-24-11-3-4-12-13(5-11)15(21)19(14(12)20)10-1-2-10/h3-6,10,18H,1-2,7-8H2,(H,22,23). The minimum Gasteiger partial charge on any atom is -0.489 e. The van der Waals surface area contributed by atoms with E-state index in [0.29, 0.717) is 11.3 Å². The highest BCUT2D eigenvalue weighted by Crippen LogP contribution is 2.35. The zero-order valence-electron chi connectivity index (χ0n) is 12.6. The molecule has 1 fully saturated rings. The predicted octanol–water partition coefficient (Wildman–Crippen LogP) is 1.94. The lowest BCUT2D eigenvalue weighted by atomic mass is 10.1. The second-order valence-electron chi connectivity index (χ2n) is 5.63. The minimum atomic E-state index is -1.27. The summed E-state index contributed by atoms with van der Waals surface area (Å²) in [7, 11) is 0. The molecule has 0 radical (unpaired) electrons. The van der Waals surface area contributed by atoms with Gasteiger partial charge in [0.25, 0.3) is 11.8 Å². The average molecular weight is 334 g/mol. The number of fused-ring (bicyclic) bond motifs is 1. The van der Waals surface area contributed by atoms with Gasteiger partial charge < -0.3 is 15.2 Å². The molecule has 0 bridgehead atoms. The molecule has 3 amide bonds. The smallest absolute Gasteiger partial charge is 0.404 e. The number of hydrogen-bond acceptors (Lipinski definition) is 4. The lowest BCUT2D eigenvalue weighted by molar-refractivity contribution is 0.0642. The van der Waals surface area contributed by atoms with Crippen molar-refractivity contribution in [2.24, 2.45) is 0 Å². The summed E-state index contributed by atoms with van der Waals surface area (Å²) in [6.45, 7) is -0.381. The number of ether oxygens (including phenoxy) is 1. The fraction of sp³-hybridized carbons (Fsp3) is 0.312. The summed E-state index contributed by atoms with van der Waals surface area (Å²) < 4.78 is 18.1. The number of halogens is 1. The molecule has 1 heterocycles. The first-order chi connectivity index (χ1) is 11.5. The van der Waals surface area contributed by atoms with E-state index >= 15 is 0 Å². The van der Waals surface area contributed by atoms with Gasteiger partial charge in [-0.05, 0) is 31.0 Å². The number of imide groups is 1. The molecule has 0 saturated heterocycles. The highest BCUT2D eigenvalue weighted by atomic mass is 19.1. The van der Waals surface area contributed by atoms with E-state index in [9.17, 15) is 18.8 Å². The third kappa shape index (κ3) is 3.08. The normalized spacial score (nSPS) is 17.0. The Morgan fingerprint density at radius 2 is 2.04 bits per heavy atom. The average Bonchev–Trinajstić information content (AvgIpc) is 3.35. The topological polar surface area (TPSA) is 95.9 Å². The molecule has 0 aromatic heterocycles. The van der Waals surface area contributed by atoms with Crippen LogP contribution in [-0.2, 0) is 0 Å². The van der Waals surface area contributed by atoms with Gasteiger partial charge in [-0.2, -0.15) is 0 Å². The van der Waals surface area contributed by atoms with E-state index in [1.165, 1.54) is 23.1 Å². The molecule has 0 unspecified atom stereocenters. The van der Waals surface area contributed by atoms with Crippen LogP contribution in [0.5, 0.6) is 5.75 Å². The Balaban J connectivity index is 1.68. The van der Waals surface area contributed by atoms with Gasteiger partial charge in [-0.3, -0.25) is 14.5 Å². The highest BCUT2D eigenvalue weighted by molar-refractivity contribution is 6.21. The highest BCUT2D eigenvalue weighted by Gasteiger charge is 2.44. The Hall–Kier alpha value is -2.90. The lowest BCUT2D eigenvalue weighted by Gasteiger charge is -2.11. The van der Waals surface area contributed by atoms with E-state index in [2.05, 4.69) is 0 Å². The molecule has 7 nitrogen and oxygen atoms in total. The van der Waals surface area contributed by atoms with Crippen molar-refractivity contribution in [3.63, 3.8) is 0 Å². The SMILES string of the molecule is O=C(O)NCC(=CF)COc1ccc2c(c1)C(=O)N(C1CC1)C2=O. The Bertz CT molecular complexity index is 742. The fourth-order valence-electron chi connectivity index (χ4n) is 2.48. The Labute approximate surface area is 136 Å². The van der Waals surface area contributed by atoms with Crippen molar-refractivity contribution in [1.82, 2.24) is 10.2 Å². The zero-order valence-corrected chi connectivity index (χ0v) is 12.6. The van der Waals surface area contributed by atoms with Gasteiger partial charge in [0, 0.05) is 18.2 Å². The molecule has 2 N–H and O–H groups in total. The summed E-state index contributed by atoms with van der Waals surface area (Å²) in [5.74, 6) is -0.321. The van der Waals surface area contributed by atoms with Crippen LogP contribution in [0.2, 0.25) is 0 Å². The summed E-state index contributed by atoms with van der Waals surface area (Å²) in [4.78, 5) is 36.2. The molecular formula is C16H15FN2O5. The molecule has 0 spiro atoms. The van der Waals surface area contributed by atoms with Crippen LogP contribution in [0.4, 0.5) is 9.18 Å². The molecule has 1 saturated carbocycles. The monoisotopic (exact) mass is 334 g/mol. The number of carbonyl (C=O) groups is 3. The van der Waals surface area contributed by atoms with Gasteiger partial charge in [-0.1, -0.05) is 0 Å². The first-order valence-electron chi connectivity index (χ1n) is 7.41. The number of carbonyl (C=O) groups excluding carboxylic acids is 2. The lowest BCUT2D eigenvalue weighted by Crippen LogP contribution is -2.31. The number of nitrogens with one attached hydrogen (secondary N) is 1. The van der Waals surface area contributed by atoms with Crippen LogP contribution in [0, 0.1) is 0 Å². The van der Waals surface area contributed by atoms with E-state index in [1.54, 1.807) is 0 Å². The van der Waals surface area contributed by atoms with Crippen LogP contribution < -0.4 is 10.1 Å². The molecular weight excluding hydrogens is 319 g/mol. The molecule has 24 heavy (non-hydrogen) atoms. The second-order valence-corrected chi connectivity index (χ2v) is 5.63. The zero-order chi connectivity index (χ0) is 17.3. The van der Waals surface area contributed by atoms with E-state index in [4.69, 9.17) is 9.84 Å². The molecule has 1 aromatic carbocycles. The van der Waals surface area contributed by atoms with Crippen molar-refractivity contribution in [2.45, 2.75) is 18.9 Å². The molecule has 8 heteroatoms. The number of amides is 3. The molecule has 2 aliphatic rings. The van der Waals surface area contributed by atoms with Crippen molar-refractivity contribution >= 4 is 17.9 Å². The van der Waals surface area contributed by atoms with Crippen LogP contribution in [0.15, 0.2) is 30.1 Å². The van der Waals surface area contributed by atoms with Gasteiger partial charge in [0.2, 0.25) is 0 Å². The van der Waals surface area contributed by atoms with Gasteiger partial charge in [0.1, 0.15) is 12.4 Å². The van der Waals surface area contributed by atoms with Crippen molar-refractivity contribution in [2.75, 3.05) is 13.2 Å². The minimum absolute atomic E-state index is 0.00932.